The summed E-state index contributed by atoms with van der Waals surface area (Å²) in [5.41, 5.74) is 8.92. The molecular weight excluding hydrogens is 568 g/mol. The summed E-state index contributed by atoms with van der Waals surface area (Å²) < 4.78 is 12.1. The van der Waals surface area contributed by atoms with Crippen molar-refractivity contribution >= 4 is 5.91 Å². The van der Waals surface area contributed by atoms with Crippen molar-refractivity contribution in [3.8, 4) is 11.5 Å². The van der Waals surface area contributed by atoms with Gasteiger partial charge in [-0.05, 0) is 98.6 Å². The smallest absolute Gasteiger partial charge is 0.260 e. The maximum atomic E-state index is 12.2. The van der Waals surface area contributed by atoms with Gasteiger partial charge in [0.05, 0.1) is 0 Å². The molecule has 0 fully saturated rings. The molecule has 46 heavy (non-hydrogen) atoms. The van der Waals surface area contributed by atoms with E-state index in [0.717, 1.165) is 74.6 Å². The number of hydrogen-bond acceptors (Lipinski definition) is 4. The molecule has 0 atom stereocenters. The van der Waals surface area contributed by atoms with Gasteiger partial charge in [-0.2, -0.15) is 0 Å². The van der Waals surface area contributed by atoms with Crippen LogP contribution in [0.4, 0.5) is 0 Å². The normalized spacial score (nSPS) is 11.4. The minimum Gasteiger partial charge on any atom is -0.487 e. The topological polar surface area (TPSA) is 42.0 Å². The highest BCUT2D eigenvalue weighted by Crippen LogP contribution is 2.34. The van der Waals surface area contributed by atoms with Gasteiger partial charge in [0.15, 0.2) is 6.61 Å². The van der Waals surface area contributed by atoms with Crippen LogP contribution in [-0.4, -0.2) is 55.1 Å². The predicted molar refractivity (Wildman–Crippen MR) is 199 cm³/mol. The molecule has 0 aliphatic rings. The van der Waals surface area contributed by atoms with Gasteiger partial charge in [0.1, 0.15) is 18.1 Å². The summed E-state index contributed by atoms with van der Waals surface area (Å²) in [6, 6.07) is 9.03. The monoisotopic (exact) mass is 637 g/mol. The minimum atomic E-state index is 0.0525. The van der Waals surface area contributed by atoms with E-state index in [1.54, 1.807) is 4.90 Å². The minimum absolute atomic E-state index is 0.0525. The number of carbonyl (C=O) groups excluding carboxylic acids is 1. The number of hydrogen-bond donors (Lipinski definition) is 0. The number of ether oxygens (including phenoxy) is 2. The quantitative estimate of drug-likeness (QED) is 0.195. The summed E-state index contributed by atoms with van der Waals surface area (Å²) in [5, 5.41) is 0. The third-order valence-corrected chi connectivity index (χ3v) is 8.52. The lowest BCUT2D eigenvalue weighted by Gasteiger charge is -2.26. The molecule has 1 amide bonds. The summed E-state index contributed by atoms with van der Waals surface area (Å²) in [7, 11) is 0. The lowest BCUT2D eigenvalue weighted by atomic mass is 9.84. The largest absolute Gasteiger partial charge is 0.487 e. The van der Waals surface area contributed by atoms with Gasteiger partial charge < -0.3 is 19.3 Å². The molecule has 5 heteroatoms. The molecule has 0 aliphatic carbocycles. The summed E-state index contributed by atoms with van der Waals surface area (Å²) >= 11 is 0. The maximum absolute atomic E-state index is 12.2. The maximum Gasteiger partial charge on any atom is 0.260 e. The second-order valence-electron chi connectivity index (χ2n) is 14.4. The molecule has 5 nitrogen and oxygen atoms in total. The highest BCUT2D eigenvalue weighted by Gasteiger charge is 2.20. The zero-order valence-corrected chi connectivity index (χ0v) is 32.2. The summed E-state index contributed by atoms with van der Waals surface area (Å²) in [6.45, 7) is 38.6. The van der Waals surface area contributed by atoms with Crippen LogP contribution in [0.2, 0.25) is 0 Å². The molecule has 2 aromatic rings. The standard InChI is InChI=1S/C21H35NO.C20H33NO2/c1-9-12-18-14-19(21(6,7)8)13-16(4)20(18)23-15-17(5)22(10-2)11-3;1-8-11-16-13-17(20(5,6)7)12-15(4)19(16)23-14-18(22)21(9-2)10-3/h13-14H,5,9-12,15H2,1-4,6-8H3;12-13H,8-11,14H2,1-7H3. The molecule has 0 saturated carbocycles. The molecular formula is C41H68N2O3. The number of carbonyl (C=O) groups is 1. The second kappa shape index (κ2) is 19.0. The Labute approximate surface area is 283 Å². The predicted octanol–water partition coefficient (Wildman–Crippen LogP) is 9.97. The molecule has 0 bridgehead atoms. The van der Waals surface area contributed by atoms with Gasteiger partial charge in [-0.3, -0.25) is 4.79 Å². The van der Waals surface area contributed by atoms with E-state index in [2.05, 4.69) is 119 Å². The van der Waals surface area contributed by atoms with Gasteiger partial charge in [-0.1, -0.05) is 99.1 Å². The van der Waals surface area contributed by atoms with E-state index in [0.29, 0.717) is 6.61 Å². The van der Waals surface area contributed by atoms with Crippen molar-refractivity contribution in [2.24, 2.45) is 0 Å². The Morgan fingerprint density at radius 3 is 1.33 bits per heavy atom. The lowest BCUT2D eigenvalue weighted by Crippen LogP contribution is -2.34. The first-order valence-electron chi connectivity index (χ1n) is 17.7. The summed E-state index contributed by atoms with van der Waals surface area (Å²) in [6.07, 6.45) is 4.21. The average Bonchev–Trinajstić information content (AvgIpc) is 2.97. The zero-order valence-electron chi connectivity index (χ0n) is 32.2. The first-order chi connectivity index (χ1) is 21.5. The lowest BCUT2D eigenvalue weighted by molar-refractivity contribution is -0.132. The van der Waals surface area contributed by atoms with Crippen molar-refractivity contribution in [3.63, 3.8) is 0 Å². The Balaban J connectivity index is 0.000000460. The van der Waals surface area contributed by atoms with Crippen molar-refractivity contribution < 1.29 is 14.3 Å². The van der Waals surface area contributed by atoms with Crippen molar-refractivity contribution in [2.75, 3.05) is 39.4 Å². The van der Waals surface area contributed by atoms with E-state index in [-0.39, 0.29) is 23.3 Å². The number of aryl methyl sites for hydroxylation is 4. The number of nitrogens with zero attached hydrogens (tertiary/aromatic N) is 2. The molecule has 0 radical (unpaired) electrons. The summed E-state index contributed by atoms with van der Waals surface area (Å²) in [4.78, 5) is 16.2. The third kappa shape index (κ3) is 12.3. The van der Waals surface area contributed by atoms with E-state index in [4.69, 9.17) is 9.47 Å². The molecule has 2 aromatic carbocycles. The molecule has 2 rings (SSSR count). The fraction of sp³-hybridized carbons (Fsp3) is 0.634. The van der Waals surface area contributed by atoms with Crippen molar-refractivity contribution in [1.82, 2.24) is 9.80 Å². The van der Waals surface area contributed by atoms with E-state index >= 15 is 0 Å². The van der Waals surface area contributed by atoms with E-state index in [9.17, 15) is 4.79 Å². The van der Waals surface area contributed by atoms with Crippen molar-refractivity contribution in [1.29, 1.82) is 0 Å². The highest BCUT2D eigenvalue weighted by molar-refractivity contribution is 5.77. The van der Waals surface area contributed by atoms with Crippen LogP contribution in [0, 0.1) is 13.8 Å². The van der Waals surface area contributed by atoms with Crippen LogP contribution in [0.15, 0.2) is 36.5 Å². The van der Waals surface area contributed by atoms with E-state index < -0.39 is 0 Å². The molecule has 0 aromatic heterocycles. The van der Waals surface area contributed by atoms with Gasteiger partial charge in [0.2, 0.25) is 0 Å². The molecule has 0 aliphatic heterocycles. The van der Waals surface area contributed by atoms with Crippen LogP contribution >= 0.6 is 0 Å². The van der Waals surface area contributed by atoms with Crippen molar-refractivity contribution in [2.45, 2.75) is 133 Å². The van der Waals surface area contributed by atoms with Crippen LogP contribution < -0.4 is 9.47 Å². The Morgan fingerprint density at radius 1 is 0.630 bits per heavy atom. The third-order valence-electron chi connectivity index (χ3n) is 8.52. The molecule has 0 unspecified atom stereocenters. The van der Waals surface area contributed by atoms with Gasteiger partial charge in [0, 0.05) is 31.9 Å². The van der Waals surface area contributed by atoms with E-state index in [1.165, 1.54) is 27.8 Å². The van der Waals surface area contributed by atoms with Crippen LogP contribution in [-0.2, 0) is 28.5 Å². The fourth-order valence-corrected chi connectivity index (χ4v) is 5.60. The second-order valence-corrected chi connectivity index (χ2v) is 14.4. The Bertz CT molecular complexity index is 1140. The van der Waals surface area contributed by atoms with Crippen LogP contribution in [0.1, 0.15) is 129 Å². The van der Waals surface area contributed by atoms with Gasteiger partial charge >= 0.3 is 0 Å². The Morgan fingerprint density at radius 2 is 1.00 bits per heavy atom. The SMILES string of the molecule is C=C(COc1c(C)cc(C(C)(C)C)cc1CCC)N(CC)CC.CCCc1cc(C(C)(C)C)cc(C)c1OCC(=O)N(CC)CC. The Kier molecular flexibility index (Phi) is 17.0. The van der Waals surface area contributed by atoms with Crippen LogP contribution in [0.25, 0.3) is 0 Å². The molecule has 0 spiro atoms. The highest BCUT2D eigenvalue weighted by atomic mass is 16.5. The molecule has 0 saturated heterocycles. The van der Waals surface area contributed by atoms with Gasteiger partial charge in [-0.15, -0.1) is 0 Å². The fourth-order valence-electron chi connectivity index (χ4n) is 5.60. The van der Waals surface area contributed by atoms with E-state index in [1.807, 2.05) is 13.8 Å². The first-order valence-corrected chi connectivity index (χ1v) is 17.7. The first kappa shape index (κ1) is 41.1. The van der Waals surface area contributed by atoms with Gasteiger partial charge in [0.25, 0.3) is 5.91 Å². The average molecular weight is 637 g/mol. The number of likely N-dealkylation sites (N-methyl/N-ethyl adjacent to an activating group) is 2. The number of amides is 1. The number of benzene rings is 2. The molecule has 260 valence electrons. The van der Waals surface area contributed by atoms with Gasteiger partial charge in [-0.25, -0.2) is 0 Å². The Hall–Kier alpha value is -2.95. The summed E-state index contributed by atoms with van der Waals surface area (Å²) in [5.74, 6) is 1.99. The van der Waals surface area contributed by atoms with Crippen LogP contribution in [0.3, 0.4) is 0 Å². The zero-order chi connectivity index (χ0) is 35.2. The van der Waals surface area contributed by atoms with Crippen LogP contribution in [0.5, 0.6) is 11.5 Å². The number of rotatable bonds is 15. The molecule has 0 N–H and O–H groups in total. The molecule has 0 heterocycles. The van der Waals surface area contributed by atoms with Crippen molar-refractivity contribution in [3.05, 3.63) is 69.9 Å².